The minimum atomic E-state index is -0.205. The second-order valence-electron chi connectivity index (χ2n) is 4.56. The van der Waals surface area contributed by atoms with Gasteiger partial charge in [-0.25, -0.2) is 9.78 Å². The molecule has 2 N–H and O–H groups in total. The molecule has 1 aromatic carbocycles. The quantitative estimate of drug-likeness (QED) is 0.892. The van der Waals surface area contributed by atoms with Gasteiger partial charge in [-0.1, -0.05) is 12.1 Å². The van der Waals surface area contributed by atoms with Crippen molar-refractivity contribution in [1.29, 1.82) is 0 Å². The number of aromatic nitrogens is 1. The normalized spacial score (nSPS) is 10.4. The van der Waals surface area contributed by atoms with Crippen molar-refractivity contribution in [1.82, 2.24) is 9.88 Å². The summed E-state index contributed by atoms with van der Waals surface area (Å²) in [7, 11) is 0. The molecule has 2 aromatic rings. The fraction of sp³-hybridized carbons (Fsp3) is 0.333. The van der Waals surface area contributed by atoms with Crippen LogP contribution >= 0.6 is 11.3 Å². The molecule has 0 saturated heterocycles. The maximum atomic E-state index is 12.0. The predicted octanol–water partition coefficient (Wildman–Crippen LogP) is 2.96. The van der Waals surface area contributed by atoms with Crippen molar-refractivity contribution < 1.29 is 9.90 Å². The lowest BCUT2D eigenvalue weighted by Gasteiger charge is -2.20. The van der Waals surface area contributed by atoms with E-state index >= 15 is 0 Å². The summed E-state index contributed by atoms with van der Waals surface area (Å²) in [6.07, 6.45) is 0. The molecule has 5 nitrogen and oxygen atoms in total. The highest BCUT2D eigenvalue weighted by Gasteiger charge is 2.11. The van der Waals surface area contributed by atoms with Crippen LogP contribution in [-0.4, -0.2) is 40.7 Å². The number of hydrogen-bond acceptors (Lipinski definition) is 4. The molecule has 6 heteroatoms. The van der Waals surface area contributed by atoms with Gasteiger partial charge < -0.3 is 15.3 Å². The first-order valence-corrected chi connectivity index (χ1v) is 7.71. The Morgan fingerprint density at radius 1 is 1.38 bits per heavy atom. The van der Waals surface area contributed by atoms with Gasteiger partial charge >= 0.3 is 6.03 Å². The lowest BCUT2D eigenvalue weighted by atomic mass is 10.1. The number of carbonyl (C=O) groups is 1. The molecule has 0 bridgehead atoms. The summed E-state index contributed by atoms with van der Waals surface area (Å²) in [5.74, 6) is 0. The van der Waals surface area contributed by atoms with Crippen LogP contribution in [0.5, 0.6) is 0 Å². The van der Waals surface area contributed by atoms with Crippen LogP contribution in [-0.2, 0) is 0 Å². The average Bonchev–Trinajstić information content (AvgIpc) is 2.92. The van der Waals surface area contributed by atoms with Crippen LogP contribution in [0.15, 0.2) is 29.6 Å². The van der Waals surface area contributed by atoms with Crippen molar-refractivity contribution in [2.45, 2.75) is 13.8 Å². The number of hydrogen-bond donors (Lipinski definition) is 2. The molecule has 0 radical (unpaired) electrons. The highest BCUT2D eigenvalue weighted by Crippen LogP contribution is 2.23. The van der Waals surface area contributed by atoms with Gasteiger partial charge in [-0.05, 0) is 26.0 Å². The van der Waals surface area contributed by atoms with Crippen molar-refractivity contribution in [3.63, 3.8) is 0 Å². The second-order valence-corrected chi connectivity index (χ2v) is 5.62. The number of aryl methyl sites for hydroxylation is 1. The van der Waals surface area contributed by atoms with Crippen molar-refractivity contribution in [2.75, 3.05) is 25.0 Å². The Morgan fingerprint density at radius 3 is 2.62 bits per heavy atom. The predicted molar refractivity (Wildman–Crippen MR) is 85.6 cm³/mol. The van der Waals surface area contributed by atoms with E-state index < -0.39 is 0 Å². The molecule has 0 fully saturated rings. The number of likely N-dealkylation sites (N-methyl/N-ethyl adjacent to an activating group) is 1. The van der Waals surface area contributed by atoms with E-state index in [1.807, 2.05) is 43.5 Å². The standard InChI is InChI=1S/C15H19N3O2S/c1-3-18(8-9-19)15(20)17-13-6-4-12(5-7-13)14-10-21-11(2)16-14/h4-7,10,19H,3,8-9H2,1-2H3,(H,17,20). The fourth-order valence-corrected chi connectivity index (χ4v) is 2.57. The summed E-state index contributed by atoms with van der Waals surface area (Å²) in [5.41, 5.74) is 2.71. The van der Waals surface area contributed by atoms with E-state index in [1.165, 1.54) is 0 Å². The summed E-state index contributed by atoms with van der Waals surface area (Å²) in [6, 6.07) is 7.38. The number of thiazole rings is 1. The van der Waals surface area contributed by atoms with Crippen molar-refractivity contribution >= 4 is 23.1 Å². The number of benzene rings is 1. The fourth-order valence-electron chi connectivity index (χ4n) is 1.95. The molecular formula is C15H19N3O2S. The number of aliphatic hydroxyl groups excluding tert-OH is 1. The zero-order valence-corrected chi connectivity index (χ0v) is 13.0. The van der Waals surface area contributed by atoms with Gasteiger partial charge in [0, 0.05) is 29.7 Å². The van der Waals surface area contributed by atoms with E-state index in [0.717, 1.165) is 22.0 Å². The molecule has 0 saturated carbocycles. The van der Waals surface area contributed by atoms with Crippen LogP contribution in [0.25, 0.3) is 11.3 Å². The first-order valence-electron chi connectivity index (χ1n) is 6.83. The number of aliphatic hydroxyl groups is 1. The van der Waals surface area contributed by atoms with Gasteiger partial charge in [0.05, 0.1) is 17.3 Å². The summed E-state index contributed by atoms with van der Waals surface area (Å²) in [4.78, 5) is 18.0. The molecular weight excluding hydrogens is 286 g/mol. The second kappa shape index (κ2) is 7.19. The highest BCUT2D eigenvalue weighted by atomic mass is 32.1. The zero-order valence-electron chi connectivity index (χ0n) is 12.2. The van der Waals surface area contributed by atoms with E-state index in [0.29, 0.717) is 13.1 Å². The molecule has 1 aromatic heterocycles. The van der Waals surface area contributed by atoms with Gasteiger partial charge in [0.2, 0.25) is 0 Å². The third-order valence-electron chi connectivity index (χ3n) is 3.09. The SMILES string of the molecule is CCN(CCO)C(=O)Nc1ccc(-c2csc(C)n2)cc1. The molecule has 0 aliphatic rings. The van der Waals surface area contributed by atoms with Gasteiger partial charge in [0.25, 0.3) is 0 Å². The van der Waals surface area contributed by atoms with Gasteiger partial charge in [-0.2, -0.15) is 0 Å². The lowest BCUT2D eigenvalue weighted by molar-refractivity contribution is 0.192. The van der Waals surface area contributed by atoms with E-state index in [-0.39, 0.29) is 12.6 Å². The molecule has 2 rings (SSSR count). The van der Waals surface area contributed by atoms with Crippen LogP contribution in [0.1, 0.15) is 11.9 Å². The summed E-state index contributed by atoms with van der Waals surface area (Å²) < 4.78 is 0. The third kappa shape index (κ3) is 4.03. The third-order valence-corrected chi connectivity index (χ3v) is 3.86. The Hall–Kier alpha value is -1.92. The molecule has 0 aliphatic heterocycles. The van der Waals surface area contributed by atoms with Gasteiger partial charge in [-0.3, -0.25) is 0 Å². The first kappa shape index (κ1) is 15.5. The summed E-state index contributed by atoms with van der Waals surface area (Å²) in [6.45, 7) is 4.70. The molecule has 21 heavy (non-hydrogen) atoms. The molecule has 112 valence electrons. The number of rotatable bonds is 5. The Kier molecular flexibility index (Phi) is 5.30. The van der Waals surface area contributed by atoms with Crippen LogP contribution in [0.3, 0.4) is 0 Å². The largest absolute Gasteiger partial charge is 0.395 e. The Morgan fingerprint density at radius 2 is 2.10 bits per heavy atom. The Bertz CT molecular complexity index is 595. The topological polar surface area (TPSA) is 65.5 Å². The molecule has 0 atom stereocenters. The van der Waals surface area contributed by atoms with Crippen molar-refractivity contribution in [3.05, 3.63) is 34.7 Å². The molecule has 1 heterocycles. The monoisotopic (exact) mass is 305 g/mol. The summed E-state index contributed by atoms with van der Waals surface area (Å²) >= 11 is 1.62. The summed E-state index contributed by atoms with van der Waals surface area (Å²) in [5, 5.41) is 14.8. The maximum Gasteiger partial charge on any atom is 0.321 e. The van der Waals surface area contributed by atoms with Crippen LogP contribution < -0.4 is 5.32 Å². The number of nitrogens with zero attached hydrogens (tertiary/aromatic N) is 2. The van der Waals surface area contributed by atoms with Crippen molar-refractivity contribution in [2.24, 2.45) is 0 Å². The van der Waals surface area contributed by atoms with Gasteiger partial charge in [-0.15, -0.1) is 11.3 Å². The minimum absolute atomic E-state index is 0.0383. The van der Waals surface area contributed by atoms with E-state index in [2.05, 4.69) is 10.3 Å². The van der Waals surface area contributed by atoms with E-state index in [9.17, 15) is 4.79 Å². The van der Waals surface area contributed by atoms with Crippen molar-refractivity contribution in [3.8, 4) is 11.3 Å². The Balaban J connectivity index is 2.04. The first-order chi connectivity index (χ1) is 10.1. The number of amides is 2. The van der Waals surface area contributed by atoms with Crippen LogP contribution in [0.4, 0.5) is 10.5 Å². The number of urea groups is 1. The van der Waals surface area contributed by atoms with Gasteiger partial charge in [0.15, 0.2) is 0 Å². The van der Waals surface area contributed by atoms with Gasteiger partial charge in [0.1, 0.15) is 0 Å². The molecule has 0 spiro atoms. The molecule has 0 aliphatic carbocycles. The molecule has 0 unspecified atom stereocenters. The maximum absolute atomic E-state index is 12.0. The number of anilines is 1. The number of nitrogens with one attached hydrogen (secondary N) is 1. The molecule has 2 amide bonds. The zero-order chi connectivity index (χ0) is 15.2. The van der Waals surface area contributed by atoms with Crippen LogP contribution in [0, 0.1) is 6.92 Å². The van der Waals surface area contributed by atoms with Crippen LogP contribution in [0.2, 0.25) is 0 Å². The van der Waals surface area contributed by atoms with E-state index in [4.69, 9.17) is 5.11 Å². The Labute approximate surface area is 128 Å². The minimum Gasteiger partial charge on any atom is -0.395 e. The highest BCUT2D eigenvalue weighted by molar-refractivity contribution is 7.09. The number of carbonyl (C=O) groups excluding carboxylic acids is 1. The average molecular weight is 305 g/mol. The lowest BCUT2D eigenvalue weighted by Crippen LogP contribution is -2.36. The smallest absolute Gasteiger partial charge is 0.321 e. The van der Waals surface area contributed by atoms with E-state index in [1.54, 1.807) is 16.2 Å².